The summed E-state index contributed by atoms with van der Waals surface area (Å²) in [4.78, 5) is 0. The van der Waals surface area contributed by atoms with Gasteiger partial charge in [-0.15, -0.1) is 0 Å². The third kappa shape index (κ3) is 3.10. The van der Waals surface area contributed by atoms with Crippen molar-refractivity contribution in [3.63, 3.8) is 0 Å². The Morgan fingerprint density at radius 2 is 1.57 bits per heavy atom. The van der Waals surface area contributed by atoms with Gasteiger partial charge in [0.25, 0.3) is 0 Å². The van der Waals surface area contributed by atoms with Crippen molar-refractivity contribution in [2.45, 2.75) is 40.0 Å². The van der Waals surface area contributed by atoms with Gasteiger partial charge in [0, 0.05) is 0 Å². The summed E-state index contributed by atoms with van der Waals surface area (Å²) in [7, 11) is 0. The number of aryl methyl sites for hydroxylation is 2. The van der Waals surface area contributed by atoms with Crippen LogP contribution in [0.3, 0.4) is 0 Å². The number of rotatable bonds is 3. The monoisotopic (exact) mass is 304 g/mol. The van der Waals surface area contributed by atoms with Crippen LogP contribution in [0.2, 0.25) is 0 Å². The Morgan fingerprint density at radius 3 is 2.22 bits per heavy atom. The van der Waals surface area contributed by atoms with Gasteiger partial charge in [-0.25, -0.2) is 0 Å². The van der Waals surface area contributed by atoms with Crippen LogP contribution in [-0.2, 0) is 6.42 Å². The molecule has 0 saturated heterocycles. The zero-order valence-electron chi connectivity index (χ0n) is 14.4. The lowest BCUT2D eigenvalue weighted by molar-refractivity contribution is 0.475. The van der Waals surface area contributed by atoms with Gasteiger partial charge in [-0.1, -0.05) is 50.2 Å². The molecule has 0 heterocycles. The van der Waals surface area contributed by atoms with Crippen LogP contribution < -0.4 is 0 Å². The second kappa shape index (κ2) is 6.08. The van der Waals surface area contributed by atoms with Gasteiger partial charge in [0.1, 0.15) is 5.75 Å². The van der Waals surface area contributed by atoms with Gasteiger partial charge in [0.05, 0.1) is 0 Å². The van der Waals surface area contributed by atoms with Crippen molar-refractivity contribution < 1.29 is 5.11 Å². The van der Waals surface area contributed by atoms with Crippen molar-refractivity contribution in [3.05, 3.63) is 76.3 Å². The Kier molecular flexibility index (Phi) is 4.12. The summed E-state index contributed by atoms with van der Waals surface area (Å²) >= 11 is 0. The highest BCUT2D eigenvalue weighted by Crippen LogP contribution is 2.37. The number of benzene rings is 1. The summed E-state index contributed by atoms with van der Waals surface area (Å²) in [5.41, 5.74) is 9.39. The Labute approximate surface area is 139 Å². The SMILES string of the molecule is Cc1cc(Cc2ccc(O)cc2)c2c(C)ccc(C(C)C)cc1-2. The number of aromatic hydroxyl groups is 1. The van der Waals surface area contributed by atoms with E-state index in [1.165, 1.54) is 38.9 Å². The highest BCUT2D eigenvalue weighted by molar-refractivity contribution is 5.78. The van der Waals surface area contributed by atoms with Crippen molar-refractivity contribution >= 4 is 0 Å². The summed E-state index contributed by atoms with van der Waals surface area (Å²) < 4.78 is 0. The molecule has 118 valence electrons. The predicted molar refractivity (Wildman–Crippen MR) is 97.5 cm³/mol. The number of hydrogen-bond acceptors (Lipinski definition) is 1. The molecule has 1 aromatic carbocycles. The molecule has 2 aliphatic rings. The fourth-order valence-electron chi connectivity index (χ4n) is 3.28. The van der Waals surface area contributed by atoms with Crippen LogP contribution in [0, 0.1) is 13.8 Å². The first-order valence-corrected chi connectivity index (χ1v) is 8.26. The lowest BCUT2D eigenvalue weighted by atomic mass is 9.98. The Balaban J connectivity index is 2.09. The molecule has 0 radical (unpaired) electrons. The number of phenolic OH excluding ortho intramolecular Hbond substituents is 1. The summed E-state index contributed by atoms with van der Waals surface area (Å²) in [5, 5.41) is 9.46. The van der Waals surface area contributed by atoms with Crippen LogP contribution in [0.5, 0.6) is 5.75 Å². The van der Waals surface area contributed by atoms with E-state index in [1.807, 2.05) is 12.1 Å². The number of fused-ring (bicyclic) bond motifs is 1. The van der Waals surface area contributed by atoms with E-state index in [0.29, 0.717) is 11.7 Å². The standard InChI is InChI=1S/C22H24O/c1-14(2)18-8-5-15(3)22-19(11-16(4)21(22)13-18)12-17-6-9-20(23)10-7-17/h5-11,13-14,23H,12H2,1-4H3. The van der Waals surface area contributed by atoms with Crippen LogP contribution in [0.1, 0.15) is 47.6 Å². The van der Waals surface area contributed by atoms with Gasteiger partial charge >= 0.3 is 0 Å². The first kappa shape index (κ1) is 15.6. The lowest BCUT2D eigenvalue weighted by Crippen LogP contribution is -1.89. The van der Waals surface area contributed by atoms with Crippen LogP contribution in [0.15, 0.2) is 48.5 Å². The van der Waals surface area contributed by atoms with E-state index in [9.17, 15) is 5.11 Å². The van der Waals surface area contributed by atoms with Crippen molar-refractivity contribution in [2.24, 2.45) is 0 Å². The van der Waals surface area contributed by atoms with Crippen molar-refractivity contribution in [1.82, 2.24) is 0 Å². The quantitative estimate of drug-likeness (QED) is 0.645. The van der Waals surface area contributed by atoms with E-state index in [-0.39, 0.29) is 0 Å². The maximum atomic E-state index is 9.46. The van der Waals surface area contributed by atoms with Crippen LogP contribution in [-0.4, -0.2) is 5.11 Å². The highest BCUT2D eigenvalue weighted by Gasteiger charge is 2.16. The molecule has 1 N–H and O–H groups in total. The molecule has 1 aromatic rings. The van der Waals surface area contributed by atoms with E-state index < -0.39 is 0 Å². The Bertz CT molecular complexity index is 797. The van der Waals surface area contributed by atoms with E-state index in [4.69, 9.17) is 0 Å². The minimum Gasteiger partial charge on any atom is -0.508 e. The first-order valence-electron chi connectivity index (χ1n) is 8.26. The molecule has 0 unspecified atom stereocenters. The molecule has 0 aliphatic heterocycles. The third-order valence-electron chi connectivity index (χ3n) is 4.63. The molecule has 0 bridgehead atoms. The second-order valence-corrected chi connectivity index (χ2v) is 6.80. The van der Waals surface area contributed by atoms with Crippen LogP contribution in [0.25, 0.3) is 11.1 Å². The molecule has 3 rings (SSSR count). The van der Waals surface area contributed by atoms with Gasteiger partial charge in [0.2, 0.25) is 0 Å². The first-order chi connectivity index (χ1) is 11.0. The topological polar surface area (TPSA) is 20.2 Å². The Morgan fingerprint density at radius 1 is 0.870 bits per heavy atom. The van der Waals surface area contributed by atoms with Crippen LogP contribution >= 0.6 is 0 Å². The van der Waals surface area contributed by atoms with E-state index >= 15 is 0 Å². The lowest BCUT2D eigenvalue weighted by Gasteiger charge is -2.07. The van der Waals surface area contributed by atoms with Gasteiger partial charge in [-0.05, 0) is 77.3 Å². The number of phenols is 1. The molecule has 0 atom stereocenters. The molecule has 1 heteroatoms. The van der Waals surface area contributed by atoms with Gasteiger partial charge in [-0.2, -0.15) is 0 Å². The van der Waals surface area contributed by atoms with E-state index in [1.54, 1.807) is 12.1 Å². The molecular weight excluding hydrogens is 280 g/mol. The molecule has 0 amide bonds. The van der Waals surface area contributed by atoms with Crippen molar-refractivity contribution in [2.75, 3.05) is 0 Å². The normalized spacial score (nSPS) is 11.3. The van der Waals surface area contributed by atoms with Crippen LogP contribution in [0.4, 0.5) is 0 Å². The molecule has 0 saturated carbocycles. The van der Waals surface area contributed by atoms with Gasteiger partial charge in [0.15, 0.2) is 0 Å². The van der Waals surface area contributed by atoms with Gasteiger partial charge in [-0.3, -0.25) is 0 Å². The average Bonchev–Trinajstić information content (AvgIpc) is 2.69. The largest absolute Gasteiger partial charge is 0.508 e. The maximum Gasteiger partial charge on any atom is 0.115 e. The van der Waals surface area contributed by atoms with Crippen molar-refractivity contribution in [3.8, 4) is 16.9 Å². The second-order valence-electron chi connectivity index (χ2n) is 6.80. The zero-order valence-corrected chi connectivity index (χ0v) is 14.4. The highest BCUT2D eigenvalue weighted by atomic mass is 16.3. The predicted octanol–water partition coefficient (Wildman–Crippen LogP) is 5.83. The fourth-order valence-corrected chi connectivity index (χ4v) is 3.28. The molecule has 0 aromatic heterocycles. The molecule has 23 heavy (non-hydrogen) atoms. The molecule has 0 spiro atoms. The summed E-state index contributed by atoms with van der Waals surface area (Å²) in [6, 6.07) is 16.7. The van der Waals surface area contributed by atoms with E-state index in [2.05, 4.69) is 52.0 Å². The average molecular weight is 304 g/mol. The maximum absolute atomic E-state index is 9.46. The van der Waals surface area contributed by atoms with E-state index in [0.717, 1.165) is 6.42 Å². The zero-order chi connectivity index (χ0) is 16.6. The third-order valence-corrected chi connectivity index (χ3v) is 4.63. The molecule has 1 nitrogen and oxygen atoms in total. The summed E-state index contributed by atoms with van der Waals surface area (Å²) in [6.07, 6.45) is 0.895. The number of hydrogen-bond donors (Lipinski definition) is 1. The Hall–Kier alpha value is -2.28. The summed E-state index contributed by atoms with van der Waals surface area (Å²) in [6.45, 7) is 8.89. The van der Waals surface area contributed by atoms with Crippen molar-refractivity contribution in [1.29, 1.82) is 0 Å². The fraction of sp³-hybridized carbons (Fsp3) is 0.273. The van der Waals surface area contributed by atoms with Gasteiger partial charge < -0.3 is 5.11 Å². The molecule has 0 fully saturated rings. The minimum atomic E-state index is 0.321. The summed E-state index contributed by atoms with van der Waals surface area (Å²) in [5.74, 6) is 0.848. The molecule has 2 aliphatic carbocycles. The smallest absolute Gasteiger partial charge is 0.115 e. The minimum absolute atomic E-state index is 0.321. The molecular formula is C22H24O.